The zero-order chi connectivity index (χ0) is 22.1. The molecule has 5 nitrogen and oxygen atoms in total. The normalized spacial score (nSPS) is 17.1. The number of nitrogens with zero attached hydrogens (tertiary/aromatic N) is 2. The van der Waals surface area contributed by atoms with Gasteiger partial charge in [-0.05, 0) is 53.9 Å². The van der Waals surface area contributed by atoms with Gasteiger partial charge in [-0.15, -0.1) is 0 Å². The van der Waals surface area contributed by atoms with E-state index in [1.54, 1.807) is 12.1 Å². The molecule has 3 aromatic rings. The molecule has 1 aliphatic heterocycles. The Labute approximate surface area is 192 Å². The van der Waals surface area contributed by atoms with E-state index in [9.17, 15) is 13.5 Å². The standard InChI is InChI=1S/C23H22Cl2N2O3S/c24-19-8-4-17(5-9-19)13-21(18-6-10-20(25)11-7-18)27-14-23(28,15-27)16-31(29,30)22-3-1-2-12-26-22/h1-12,21,28H,13-16H2. The third-order valence-electron chi connectivity index (χ3n) is 5.45. The molecule has 0 saturated carbocycles. The summed E-state index contributed by atoms with van der Waals surface area (Å²) in [5.74, 6) is -0.359. The number of β-amino-alcohol motifs (C(OH)–C–C–N with tert-alkyl or cyclic N) is 1. The first-order valence-corrected chi connectivity index (χ1v) is 12.3. The van der Waals surface area contributed by atoms with Crippen LogP contribution in [0.4, 0.5) is 0 Å². The lowest BCUT2D eigenvalue weighted by atomic mass is 9.89. The molecule has 1 fully saturated rings. The van der Waals surface area contributed by atoms with E-state index in [2.05, 4.69) is 9.88 Å². The molecule has 0 spiro atoms. The SMILES string of the molecule is O=S(=O)(CC1(O)CN(C(Cc2ccc(Cl)cc2)c2ccc(Cl)cc2)C1)c1ccccn1. The van der Waals surface area contributed by atoms with Crippen LogP contribution in [0, 0.1) is 0 Å². The summed E-state index contributed by atoms with van der Waals surface area (Å²) in [7, 11) is -3.68. The van der Waals surface area contributed by atoms with E-state index in [1.807, 2.05) is 48.5 Å². The minimum absolute atomic E-state index is 0.0164. The van der Waals surface area contributed by atoms with Crippen molar-refractivity contribution in [3.8, 4) is 0 Å². The van der Waals surface area contributed by atoms with Crippen LogP contribution in [0.3, 0.4) is 0 Å². The molecule has 1 aliphatic rings. The van der Waals surface area contributed by atoms with Crippen LogP contribution >= 0.6 is 23.2 Å². The van der Waals surface area contributed by atoms with Crippen molar-refractivity contribution in [2.24, 2.45) is 0 Å². The molecule has 1 aromatic heterocycles. The summed E-state index contributed by atoms with van der Waals surface area (Å²) in [5, 5.41) is 12.2. The Kier molecular flexibility index (Phi) is 6.37. The lowest BCUT2D eigenvalue weighted by molar-refractivity contribution is -0.100. The zero-order valence-corrected chi connectivity index (χ0v) is 19.0. The Hall–Kier alpha value is -1.96. The second-order valence-corrected chi connectivity index (χ2v) is 10.8. The molecule has 31 heavy (non-hydrogen) atoms. The van der Waals surface area contributed by atoms with Crippen molar-refractivity contribution in [2.45, 2.75) is 23.1 Å². The Morgan fingerprint density at radius 3 is 2.16 bits per heavy atom. The molecule has 2 aromatic carbocycles. The van der Waals surface area contributed by atoms with Gasteiger partial charge in [0.05, 0.1) is 5.75 Å². The van der Waals surface area contributed by atoms with Gasteiger partial charge in [0, 0.05) is 35.4 Å². The van der Waals surface area contributed by atoms with Crippen molar-refractivity contribution < 1.29 is 13.5 Å². The van der Waals surface area contributed by atoms with Gasteiger partial charge in [-0.1, -0.05) is 53.5 Å². The molecule has 4 rings (SSSR count). The third-order valence-corrected chi connectivity index (χ3v) is 7.75. The fourth-order valence-corrected chi connectivity index (χ4v) is 5.76. The van der Waals surface area contributed by atoms with E-state index >= 15 is 0 Å². The first-order valence-electron chi connectivity index (χ1n) is 9.84. The summed E-state index contributed by atoms with van der Waals surface area (Å²) in [5.41, 5.74) is 0.830. The Morgan fingerprint density at radius 2 is 1.58 bits per heavy atom. The van der Waals surface area contributed by atoms with E-state index in [1.165, 1.54) is 12.3 Å². The van der Waals surface area contributed by atoms with Gasteiger partial charge in [0.1, 0.15) is 5.60 Å². The number of aliphatic hydroxyl groups is 1. The highest BCUT2D eigenvalue weighted by atomic mass is 35.5. The summed E-state index contributed by atoms with van der Waals surface area (Å²) >= 11 is 12.1. The van der Waals surface area contributed by atoms with Crippen LogP contribution in [-0.4, -0.2) is 47.9 Å². The van der Waals surface area contributed by atoms with Gasteiger partial charge in [-0.2, -0.15) is 0 Å². The second kappa shape index (κ2) is 8.88. The van der Waals surface area contributed by atoms with Gasteiger partial charge in [-0.3, -0.25) is 4.90 Å². The van der Waals surface area contributed by atoms with Crippen LogP contribution in [0.25, 0.3) is 0 Å². The van der Waals surface area contributed by atoms with E-state index in [0.717, 1.165) is 11.1 Å². The van der Waals surface area contributed by atoms with E-state index in [0.29, 0.717) is 16.5 Å². The minimum atomic E-state index is -3.68. The molecule has 1 saturated heterocycles. The summed E-state index contributed by atoms with van der Waals surface area (Å²) in [6.07, 6.45) is 2.13. The molecule has 0 aliphatic carbocycles. The fourth-order valence-electron chi connectivity index (χ4n) is 3.97. The van der Waals surface area contributed by atoms with E-state index < -0.39 is 15.4 Å². The van der Waals surface area contributed by atoms with Crippen molar-refractivity contribution in [2.75, 3.05) is 18.8 Å². The Bertz CT molecular complexity index is 1130. The lowest BCUT2D eigenvalue weighted by Crippen LogP contribution is -2.65. The number of pyridine rings is 1. The van der Waals surface area contributed by atoms with Crippen molar-refractivity contribution in [3.63, 3.8) is 0 Å². The van der Waals surface area contributed by atoms with Gasteiger partial charge < -0.3 is 5.11 Å². The van der Waals surface area contributed by atoms with Gasteiger partial charge in [0.2, 0.25) is 0 Å². The number of likely N-dealkylation sites (tertiary alicyclic amines) is 1. The molecule has 1 unspecified atom stereocenters. The summed E-state index contributed by atoms with van der Waals surface area (Å²) in [6, 6.07) is 20.0. The van der Waals surface area contributed by atoms with Gasteiger partial charge in [-0.25, -0.2) is 13.4 Å². The molecule has 0 amide bonds. The van der Waals surface area contributed by atoms with Crippen LogP contribution < -0.4 is 0 Å². The number of aromatic nitrogens is 1. The molecule has 0 radical (unpaired) electrons. The Morgan fingerprint density at radius 1 is 0.968 bits per heavy atom. The highest BCUT2D eigenvalue weighted by Crippen LogP contribution is 2.35. The Balaban J connectivity index is 1.52. The smallest absolute Gasteiger partial charge is 0.198 e. The maximum absolute atomic E-state index is 12.7. The second-order valence-electron chi connectivity index (χ2n) is 7.95. The minimum Gasteiger partial charge on any atom is -0.386 e. The summed E-state index contributed by atoms with van der Waals surface area (Å²) in [4.78, 5) is 6.02. The van der Waals surface area contributed by atoms with E-state index in [-0.39, 0.29) is 29.9 Å². The predicted molar refractivity (Wildman–Crippen MR) is 122 cm³/mol. The molecular formula is C23H22Cl2N2O3S. The molecular weight excluding hydrogens is 455 g/mol. The molecule has 8 heteroatoms. The number of rotatable bonds is 7. The average molecular weight is 477 g/mol. The molecule has 2 heterocycles. The van der Waals surface area contributed by atoms with Crippen molar-refractivity contribution in [3.05, 3.63) is 94.1 Å². The molecule has 0 bridgehead atoms. The molecule has 1 N–H and O–H groups in total. The van der Waals surface area contributed by atoms with Crippen molar-refractivity contribution >= 4 is 33.0 Å². The van der Waals surface area contributed by atoms with Crippen LogP contribution in [0.2, 0.25) is 10.0 Å². The van der Waals surface area contributed by atoms with Gasteiger partial charge in [0.15, 0.2) is 14.9 Å². The summed E-state index contributed by atoms with van der Waals surface area (Å²) < 4.78 is 25.4. The topological polar surface area (TPSA) is 70.5 Å². The van der Waals surface area contributed by atoms with Crippen LogP contribution in [0.5, 0.6) is 0 Å². The average Bonchev–Trinajstić information content (AvgIpc) is 2.73. The third kappa shape index (κ3) is 5.27. The lowest BCUT2D eigenvalue weighted by Gasteiger charge is -2.50. The van der Waals surface area contributed by atoms with Gasteiger partial charge in [0.25, 0.3) is 0 Å². The largest absolute Gasteiger partial charge is 0.386 e. The fraction of sp³-hybridized carbons (Fsp3) is 0.261. The maximum atomic E-state index is 12.7. The van der Waals surface area contributed by atoms with Crippen LogP contribution in [-0.2, 0) is 16.3 Å². The number of hydrogen-bond donors (Lipinski definition) is 1. The van der Waals surface area contributed by atoms with Crippen molar-refractivity contribution in [1.82, 2.24) is 9.88 Å². The van der Waals surface area contributed by atoms with E-state index in [4.69, 9.17) is 23.2 Å². The number of hydrogen-bond acceptors (Lipinski definition) is 5. The zero-order valence-electron chi connectivity index (χ0n) is 16.7. The highest BCUT2D eigenvalue weighted by molar-refractivity contribution is 7.91. The highest BCUT2D eigenvalue weighted by Gasteiger charge is 2.47. The number of sulfone groups is 1. The monoisotopic (exact) mass is 476 g/mol. The maximum Gasteiger partial charge on any atom is 0.198 e. The first-order chi connectivity index (χ1) is 14.7. The van der Waals surface area contributed by atoms with Crippen molar-refractivity contribution in [1.29, 1.82) is 0 Å². The summed E-state index contributed by atoms with van der Waals surface area (Å²) in [6.45, 7) is 0.500. The molecule has 1 atom stereocenters. The number of halogens is 2. The first kappa shape index (κ1) is 22.2. The van der Waals surface area contributed by atoms with Gasteiger partial charge >= 0.3 is 0 Å². The quantitative estimate of drug-likeness (QED) is 0.553. The number of benzene rings is 2. The van der Waals surface area contributed by atoms with Crippen LogP contribution in [0.15, 0.2) is 78.0 Å². The predicted octanol–water partition coefficient (Wildman–Crippen LogP) is 4.19. The molecule has 162 valence electrons. The van der Waals surface area contributed by atoms with Crippen LogP contribution in [0.1, 0.15) is 17.2 Å².